The number of amides is 1. The summed E-state index contributed by atoms with van der Waals surface area (Å²) >= 11 is 1.43. The molecule has 0 saturated carbocycles. The highest BCUT2D eigenvalue weighted by Crippen LogP contribution is 2.37. The highest BCUT2D eigenvalue weighted by atomic mass is 32.1. The molecule has 0 spiro atoms. The number of aromatic nitrogens is 1. The molecule has 1 heterocycles. The van der Waals surface area contributed by atoms with Crippen molar-refractivity contribution in [2.45, 2.75) is 33.0 Å². The lowest BCUT2D eigenvalue weighted by Crippen LogP contribution is -2.37. The van der Waals surface area contributed by atoms with Crippen molar-refractivity contribution in [3.8, 4) is 17.2 Å². The molecule has 31 heavy (non-hydrogen) atoms. The van der Waals surface area contributed by atoms with Crippen LogP contribution in [0.15, 0.2) is 47.8 Å². The molecule has 0 bridgehead atoms. The number of rotatable bonds is 9. The second-order valence-corrected chi connectivity index (χ2v) is 7.96. The first kappa shape index (κ1) is 22.6. The van der Waals surface area contributed by atoms with Gasteiger partial charge in [-0.3, -0.25) is 4.79 Å². The second-order valence-electron chi connectivity index (χ2n) is 7.02. The summed E-state index contributed by atoms with van der Waals surface area (Å²) < 4.78 is 30.7. The number of nitrogens with zero attached hydrogens (tertiary/aromatic N) is 2. The third-order valence-corrected chi connectivity index (χ3v) is 5.51. The number of halogens is 1. The van der Waals surface area contributed by atoms with Gasteiger partial charge in [-0.15, -0.1) is 11.3 Å². The fraction of sp³-hybridized carbons (Fsp3) is 0.304. The Bertz CT molecular complexity index is 1020. The Hall–Kier alpha value is -3.13. The molecule has 0 aliphatic carbocycles. The van der Waals surface area contributed by atoms with E-state index in [4.69, 9.17) is 14.2 Å². The Labute approximate surface area is 185 Å². The molecule has 8 heteroatoms. The maximum atomic E-state index is 14.1. The molecule has 1 amide bonds. The minimum absolute atomic E-state index is 0.0539. The predicted octanol–water partition coefficient (Wildman–Crippen LogP) is 4.93. The molecule has 0 radical (unpaired) electrons. The van der Waals surface area contributed by atoms with Crippen molar-refractivity contribution in [3.63, 3.8) is 0 Å². The zero-order chi connectivity index (χ0) is 22.4. The number of carbonyl (C=O) groups excluding carboxylic acids is 1. The number of ether oxygens (including phenoxy) is 3. The van der Waals surface area contributed by atoms with Crippen molar-refractivity contribution in [3.05, 3.63) is 69.9 Å². The van der Waals surface area contributed by atoms with Gasteiger partial charge in [0.25, 0.3) is 5.91 Å². The number of benzene rings is 2. The van der Waals surface area contributed by atoms with Crippen LogP contribution in [-0.4, -0.2) is 36.1 Å². The van der Waals surface area contributed by atoms with Gasteiger partial charge in [0.1, 0.15) is 17.4 Å². The summed E-state index contributed by atoms with van der Waals surface area (Å²) in [6.07, 6.45) is 0. The van der Waals surface area contributed by atoms with Crippen LogP contribution in [0.3, 0.4) is 0 Å². The van der Waals surface area contributed by atoms with Gasteiger partial charge in [-0.25, -0.2) is 9.37 Å². The molecule has 1 aromatic heterocycles. The molecule has 0 aliphatic rings. The standard InChI is InChI=1S/C23H25FN2O4S/c1-15(2)26(23(27)17-8-5-6-9-18(17)24)12-16-14-31-21(25-16)13-30-22-19(28-3)10-7-11-20(22)29-4/h5-11,14-15H,12-13H2,1-4H3. The van der Waals surface area contributed by atoms with Gasteiger partial charge in [0.05, 0.1) is 32.0 Å². The fourth-order valence-corrected chi connectivity index (χ4v) is 3.73. The van der Waals surface area contributed by atoms with Crippen molar-refractivity contribution in [1.29, 1.82) is 0 Å². The highest BCUT2D eigenvalue weighted by molar-refractivity contribution is 7.09. The van der Waals surface area contributed by atoms with Crippen LogP contribution in [-0.2, 0) is 13.2 Å². The van der Waals surface area contributed by atoms with Gasteiger partial charge >= 0.3 is 0 Å². The summed E-state index contributed by atoms with van der Waals surface area (Å²) in [6, 6.07) is 11.3. The lowest BCUT2D eigenvalue weighted by Gasteiger charge is -2.26. The minimum atomic E-state index is -0.531. The van der Waals surface area contributed by atoms with E-state index in [-0.39, 0.29) is 30.7 Å². The van der Waals surface area contributed by atoms with Gasteiger partial charge in [0.2, 0.25) is 5.75 Å². The van der Waals surface area contributed by atoms with Gasteiger partial charge in [-0.1, -0.05) is 18.2 Å². The highest BCUT2D eigenvalue weighted by Gasteiger charge is 2.23. The van der Waals surface area contributed by atoms with E-state index in [1.807, 2.05) is 25.3 Å². The number of hydrogen-bond acceptors (Lipinski definition) is 6. The topological polar surface area (TPSA) is 60.9 Å². The van der Waals surface area contributed by atoms with Crippen molar-refractivity contribution in [2.24, 2.45) is 0 Å². The lowest BCUT2D eigenvalue weighted by molar-refractivity contribution is 0.0683. The van der Waals surface area contributed by atoms with E-state index in [0.29, 0.717) is 22.9 Å². The normalized spacial score (nSPS) is 10.8. The molecule has 0 fully saturated rings. The minimum Gasteiger partial charge on any atom is -0.493 e. The monoisotopic (exact) mass is 444 g/mol. The average molecular weight is 445 g/mol. The van der Waals surface area contributed by atoms with E-state index in [1.165, 1.54) is 23.5 Å². The van der Waals surface area contributed by atoms with Crippen LogP contribution < -0.4 is 14.2 Å². The first-order valence-electron chi connectivity index (χ1n) is 9.77. The SMILES string of the molecule is COc1cccc(OC)c1OCc1nc(CN(C(=O)c2ccccc2F)C(C)C)cs1. The molecule has 0 aliphatic heterocycles. The lowest BCUT2D eigenvalue weighted by atomic mass is 10.1. The predicted molar refractivity (Wildman–Crippen MR) is 117 cm³/mol. The Morgan fingerprint density at radius 2 is 1.77 bits per heavy atom. The molecule has 3 rings (SSSR count). The van der Waals surface area contributed by atoms with E-state index in [1.54, 1.807) is 43.4 Å². The van der Waals surface area contributed by atoms with Crippen LogP contribution >= 0.6 is 11.3 Å². The largest absolute Gasteiger partial charge is 0.493 e. The van der Waals surface area contributed by atoms with E-state index in [9.17, 15) is 9.18 Å². The molecule has 0 N–H and O–H groups in total. The van der Waals surface area contributed by atoms with Crippen LogP contribution in [0.2, 0.25) is 0 Å². The van der Waals surface area contributed by atoms with Crippen LogP contribution in [0.25, 0.3) is 0 Å². The summed E-state index contributed by atoms with van der Waals surface area (Å²) in [4.78, 5) is 19.1. The van der Waals surface area contributed by atoms with Gasteiger partial charge in [-0.05, 0) is 38.1 Å². The molecule has 164 valence electrons. The van der Waals surface area contributed by atoms with Gasteiger partial charge < -0.3 is 19.1 Å². The van der Waals surface area contributed by atoms with Crippen molar-refractivity contribution in [1.82, 2.24) is 9.88 Å². The third kappa shape index (κ3) is 5.32. The van der Waals surface area contributed by atoms with Crippen LogP contribution in [0.4, 0.5) is 4.39 Å². The average Bonchev–Trinajstić information content (AvgIpc) is 3.22. The van der Waals surface area contributed by atoms with Crippen LogP contribution in [0, 0.1) is 5.82 Å². The van der Waals surface area contributed by atoms with E-state index >= 15 is 0 Å². The molecule has 2 aromatic carbocycles. The molecular formula is C23H25FN2O4S. The smallest absolute Gasteiger partial charge is 0.257 e. The maximum Gasteiger partial charge on any atom is 0.257 e. The Kier molecular flexibility index (Phi) is 7.46. The molecular weight excluding hydrogens is 419 g/mol. The number of methoxy groups -OCH3 is 2. The molecule has 6 nitrogen and oxygen atoms in total. The van der Waals surface area contributed by atoms with Gasteiger partial charge in [-0.2, -0.15) is 0 Å². The second kappa shape index (κ2) is 10.3. The van der Waals surface area contributed by atoms with E-state index < -0.39 is 5.82 Å². The summed E-state index contributed by atoms with van der Waals surface area (Å²) in [7, 11) is 3.13. The number of para-hydroxylation sites is 1. The first-order valence-corrected chi connectivity index (χ1v) is 10.6. The molecule has 0 unspecified atom stereocenters. The molecule has 0 saturated heterocycles. The quantitative estimate of drug-likeness (QED) is 0.468. The maximum absolute atomic E-state index is 14.1. The number of carbonyl (C=O) groups is 1. The van der Waals surface area contributed by atoms with E-state index in [0.717, 1.165) is 5.01 Å². The van der Waals surface area contributed by atoms with Gasteiger partial charge in [0, 0.05) is 11.4 Å². The summed E-state index contributed by atoms with van der Waals surface area (Å²) in [5, 5.41) is 2.62. The zero-order valence-electron chi connectivity index (χ0n) is 17.9. The Balaban J connectivity index is 1.72. The number of thiazole rings is 1. The van der Waals surface area contributed by atoms with Crippen molar-refractivity contribution < 1.29 is 23.4 Å². The summed E-state index contributed by atoms with van der Waals surface area (Å²) in [5.41, 5.74) is 0.771. The fourth-order valence-electron chi connectivity index (χ4n) is 3.03. The van der Waals surface area contributed by atoms with Crippen molar-refractivity contribution >= 4 is 17.2 Å². The van der Waals surface area contributed by atoms with E-state index in [2.05, 4.69) is 4.98 Å². The summed E-state index contributed by atoms with van der Waals surface area (Å²) in [5.74, 6) is 0.743. The van der Waals surface area contributed by atoms with Gasteiger partial charge in [0.15, 0.2) is 11.5 Å². The number of hydrogen-bond donors (Lipinski definition) is 0. The van der Waals surface area contributed by atoms with Crippen LogP contribution in [0.5, 0.6) is 17.2 Å². The van der Waals surface area contributed by atoms with Crippen molar-refractivity contribution in [2.75, 3.05) is 14.2 Å². The first-order chi connectivity index (χ1) is 14.9. The van der Waals surface area contributed by atoms with Crippen LogP contribution in [0.1, 0.15) is 34.9 Å². The zero-order valence-corrected chi connectivity index (χ0v) is 18.7. The Morgan fingerprint density at radius 1 is 1.10 bits per heavy atom. The molecule has 3 aromatic rings. The summed E-state index contributed by atoms with van der Waals surface area (Å²) in [6.45, 7) is 4.29. The Morgan fingerprint density at radius 3 is 2.39 bits per heavy atom. The molecule has 0 atom stereocenters. The third-order valence-electron chi connectivity index (χ3n) is 4.64.